The molecule has 10 heteroatoms. The fourth-order valence-electron chi connectivity index (χ4n) is 3.82. The molecule has 0 heterocycles. The van der Waals surface area contributed by atoms with E-state index >= 15 is 4.39 Å². The number of sulfone groups is 1. The first kappa shape index (κ1) is 26.0. The lowest BCUT2D eigenvalue weighted by atomic mass is 9.98. The van der Waals surface area contributed by atoms with E-state index in [1.807, 2.05) is 0 Å². The average Bonchev–Trinajstić information content (AvgIpc) is 2.77. The predicted molar refractivity (Wildman–Crippen MR) is 123 cm³/mol. The molecule has 2 aromatic carbocycles. The molecule has 2 atom stereocenters. The van der Waals surface area contributed by atoms with Crippen LogP contribution in [0.4, 0.5) is 13.2 Å². The summed E-state index contributed by atoms with van der Waals surface area (Å²) in [7, 11) is -4.46. The quantitative estimate of drug-likeness (QED) is 0.469. The van der Waals surface area contributed by atoms with Crippen molar-refractivity contribution < 1.29 is 31.5 Å². The van der Waals surface area contributed by atoms with E-state index in [0.717, 1.165) is 12.2 Å². The van der Waals surface area contributed by atoms with Crippen molar-refractivity contribution in [3.05, 3.63) is 88.5 Å². The first-order valence-corrected chi connectivity index (χ1v) is 12.4. The van der Waals surface area contributed by atoms with Crippen LogP contribution in [0.2, 0.25) is 5.02 Å². The molecule has 0 radical (unpaired) electrons. The topological polar surface area (TPSA) is 83.5 Å². The molecular formula is C24H23ClF3NO4S. The van der Waals surface area contributed by atoms with Crippen molar-refractivity contribution in [2.45, 2.75) is 41.6 Å². The van der Waals surface area contributed by atoms with Gasteiger partial charge >= 0.3 is 5.97 Å². The van der Waals surface area contributed by atoms with E-state index in [1.54, 1.807) is 0 Å². The van der Waals surface area contributed by atoms with Crippen LogP contribution >= 0.6 is 11.6 Å². The van der Waals surface area contributed by atoms with Crippen LogP contribution in [0, 0.1) is 5.82 Å². The van der Waals surface area contributed by atoms with Crippen molar-refractivity contribution in [1.29, 1.82) is 0 Å². The minimum absolute atomic E-state index is 0.0809. The number of alkyl halides is 1. The van der Waals surface area contributed by atoms with Crippen molar-refractivity contribution in [2.24, 2.45) is 0 Å². The van der Waals surface area contributed by atoms with Crippen molar-refractivity contribution in [2.75, 3.05) is 6.54 Å². The van der Waals surface area contributed by atoms with Crippen LogP contribution in [0.25, 0.3) is 0 Å². The summed E-state index contributed by atoms with van der Waals surface area (Å²) < 4.78 is 70.0. The molecule has 0 amide bonds. The SMILES string of the molecule is O=C(O)CCCc1cc(F)ccc1CCN[C@@]1(S(=O)(=O)c2ccc(Cl)cc2)C=C(F)C=CC1F. The third kappa shape index (κ3) is 5.71. The van der Waals surface area contributed by atoms with E-state index < -0.39 is 38.5 Å². The molecule has 0 saturated heterocycles. The molecule has 3 rings (SSSR count). The summed E-state index contributed by atoms with van der Waals surface area (Å²) in [6.45, 7) is -0.0809. The van der Waals surface area contributed by atoms with Crippen molar-refractivity contribution in [1.82, 2.24) is 5.32 Å². The molecule has 1 aliphatic carbocycles. The highest BCUT2D eigenvalue weighted by Crippen LogP contribution is 2.35. The van der Waals surface area contributed by atoms with Gasteiger partial charge in [0, 0.05) is 18.0 Å². The van der Waals surface area contributed by atoms with Gasteiger partial charge < -0.3 is 5.11 Å². The van der Waals surface area contributed by atoms with Gasteiger partial charge in [-0.15, -0.1) is 0 Å². The molecule has 0 aliphatic heterocycles. The Morgan fingerprint density at radius 1 is 1.09 bits per heavy atom. The Morgan fingerprint density at radius 3 is 2.47 bits per heavy atom. The van der Waals surface area contributed by atoms with Crippen molar-refractivity contribution in [3.63, 3.8) is 0 Å². The standard InChI is InChI=1S/C24H23ClF3NO4S/c25-18-5-9-21(10-6-18)34(32,33)24(15-20(27)8-11-22(24)28)29-13-12-16-4-7-19(26)14-17(16)2-1-3-23(30)31/h4-11,14-15,22,29H,1-3,12-13H2,(H,30,31)/t22?,24-/m1/s1. The Kier molecular flexibility index (Phi) is 8.22. The van der Waals surface area contributed by atoms with E-state index in [-0.39, 0.29) is 29.3 Å². The number of aryl methyl sites for hydroxylation is 1. The molecule has 1 unspecified atom stereocenters. The molecule has 34 heavy (non-hydrogen) atoms. The summed E-state index contributed by atoms with van der Waals surface area (Å²) in [6, 6.07) is 9.16. The van der Waals surface area contributed by atoms with Gasteiger partial charge in [0.1, 0.15) is 11.6 Å². The molecule has 5 nitrogen and oxygen atoms in total. The van der Waals surface area contributed by atoms with Gasteiger partial charge in [-0.2, -0.15) is 0 Å². The predicted octanol–water partition coefficient (Wildman–Crippen LogP) is 4.95. The maximum atomic E-state index is 15.2. The van der Waals surface area contributed by atoms with Crippen LogP contribution in [-0.2, 0) is 27.5 Å². The van der Waals surface area contributed by atoms with E-state index in [4.69, 9.17) is 16.7 Å². The van der Waals surface area contributed by atoms with E-state index in [9.17, 15) is 22.0 Å². The van der Waals surface area contributed by atoms with E-state index in [2.05, 4.69) is 5.32 Å². The Morgan fingerprint density at radius 2 is 1.79 bits per heavy atom. The third-order valence-corrected chi connectivity index (χ3v) is 8.08. The van der Waals surface area contributed by atoms with Crippen molar-refractivity contribution in [3.8, 4) is 0 Å². The first-order chi connectivity index (χ1) is 16.0. The zero-order valence-electron chi connectivity index (χ0n) is 18.0. The molecule has 0 aromatic heterocycles. The molecule has 182 valence electrons. The summed E-state index contributed by atoms with van der Waals surface area (Å²) in [5, 5.41) is 11.8. The summed E-state index contributed by atoms with van der Waals surface area (Å²) in [4.78, 5) is 8.15. The number of allylic oxidation sites excluding steroid dienone is 2. The molecule has 0 fully saturated rings. The molecule has 2 N–H and O–H groups in total. The maximum absolute atomic E-state index is 15.2. The number of carboxylic acid groups (broad SMARTS) is 1. The second-order valence-electron chi connectivity index (χ2n) is 7.88. The number of rotatable bonds is 10. The maximum Gasteiger partial charge on any atom is 0.303 e. The number of hydrogen-bond acceptors (Lipinski definition) is 4. The second-order valence-corrected chi connectivity index (χ2v) is 10.5. The molecule has 2 aromatic rings. The summed E-state index contributed by atoms with van der Waals surface area (Å²) >= 11 is 5.84. The summed E-state index contributed by atoms with van der Waals surface area (Å²) in [6.07, 6.45) is 1.00. The Hall–Kier alpha value is -2.62. The minimum Gasteiger partial charge on any atom is -0.481 e. The first-order valence-electron chi connectivity index (χ1n) is 10.5. The zero-order valence-corrected chi connectivity index (χ0v) is 19.6. The lowest BCUT2D eigenvalue weighted by Gasteiger charge is -2.35. The lowest BCUT2D eigenvalue weighted by molar-refractivity contribution is -0.137. The van der Waals surface area contributed by atoms with Gasteiger partial charge in [0.15, 0.2) is 11.0 Å². The van der Waals surface area contributed by atoms with Crippen LogP contribution in [0.3, 0.4) is 0 Å². The Balaban J connectivity index is 1.87. The van der Waals surface area contributed by atoms with E-state index in [0.29, 0.717) is 30.0 Å². The number of hydrogen-bond donors (Lipinski definition) is 2. The largest absolute Gasteiger partial charge is 0.481 e. The fourth-order valence-corrected chi connectivity index (χ4v) is 5.77. The average molecular weight is 514 g/mol. The Labute approximate surface area is 200 Å². The number of carbonyl (C=O) groups is 1. The minimum atomic E-state index is -4.46. The van der Waals surface area contributed by atoms with Crippen LogP contribution in [0.5, 0.6) is 0 Å². The number of halogens is 4. The van der Waals surface area contributed by atoms with Gasteiger partial charge in [-0.3, -0.25) is 10.1 Å². The van der Waals surface area contributed by atoms with Crippen LogP contribution in [0.15, 0.2) is 71.4 Å². The highest BCUT2D eigenvalue weighted by Gasteiger charge is 2.50. The van der Waals surface area contributed by atoms with E-state index in [1.165, 1.54) is 42.5 Å². The molecule has 1 aliphatic rings. The summed E-state index contributed by atoms with van der Waals surface area (Å²) in [5.41, 5.74) is 1.21. The lowest BCUT2D eigenvalue weighted by Crippen LogP contribution is -2.58. The third-order valence-electron chi connectivity index (χ3n) is 5.56. The molecule has 0 spiro atoms. The monoisotopic (exact) mass is 513 g/mol. The van der Waals surface area contributed by atoms with Crippen LogP contribution in [0.1, 0.15) is 24.0 Å². The zero-order chi connectivity index (χ0) is 24.9. The van der Waals surface area contributed by atoms with Gasteiger partial charge in [0.05, 0.1) is 4.90 Å². The van der Waals surface area contributed by atoms with Gasteiger partial charge in [0.25, 0.3) is 0 Å². The molecular weight excluding hydrogens is 491 g/mol. The number of aliphatic carboxylic acids is 1. The Bertz CT molecular complexity index is 1220. The van der Waals surface area contributed by atoms with Crippen LogP contribution < -0.4 is 5.32 Å². The van der Waals surface area contributed by atoms with Gasteiger partial charge in [-0.1, -0.05) is 17.7 Å². The van der Waals surface area contributed by atoms with Gasteiger partial charge in [0.2, 0.25) is 9.84 Å². The molecule has 0 saturated carbocycles. The normalized spacial score (nSPS) is 20.2. The number of carboxylic acids is 1. The van der Waals surface area contributed by atoms with Crippen molar-refractivity contribution >= 4 is 27.4 Å². The second kappa shape index (κ2) is 10.8. The van der Waals surface area contributed by atoms with Gasteiger partial charge in [-0.25, -0.2) is 21.6 Å². The number of benzene rings is 2. The highest BCUT2D eigenvalue weighted by atomic mass is 35.5. The molecule has 0 bridgehead atoms. The fraction of sp³-hybridized carbons (Fsp3) is 0.292. The highest BCUT2D eigenvalue weighted by molar-refractivity contribution is 7.93. The number of nitrogens with one attached hydrogen (secondary N) is 1. The van der Waals surface area contributed by atoms with Gasteiger partial charge in [-0.05, 0) is 85.0 Å². The summed E-state index contributed by atoms with van der Waals surface area (Å²) in [5.74, 6) is -2.37. The smallest absolute Gasteiger partial charge is 0.303 e. The van der Waals surface area contributed by atoms with Crippen LogP contribution in [-0.4, -0.2) is 37.1 Å².